The van der Waals surface area contributed by atoms with E-state index in [1.807, 2.05) is 52.3 Å². The van der Waals surface area contributed by atoms with E-state index in [0.29, 0.717) is 50.5 Å². The Bertz CT molecular complexity index is 1020. The second-order valence-electron chi connectivity index (χ2n) is 8.64. The van der Waals surface area contributed by atoms with E-state index >= 15 is 0 Å². The molecule has 0 aromatic heterocycles. The topological polar surface area (TPSA) is 80.3 Å². The predicted octanol–water partition coefficient (Wildman–Crippen LogP) is 3.83. The van der Waals surface area contributed by atoms with Crippen LogP contribution in [-0.2, 0) is 11.3 Å². The number of nitrogens with one attached hydrogen (secondary N) is 1. The Morgan fingerprint density at radius 1 is 1.06 bits per heavy atom. The lowest BCUT2D eigenvalue weighted by Gasteiger charge is -2.39. The summed E-state index contributed by atoms with van der Waals surface area (Å²) in [5, 5.41) is 3.02. The number of nitrogens with zero attached hydrogens (tertiary/aromatic N) is 2. The van der Waals surface area contributed by atoms with Gasteiger partial charge in [-0.05, 0) is 37.5 Å². The fraction of sp³-hybridized carbons (Fsp3) is 0.462. The third-order valence-corrected chi connectivity index (χ3v) is 6.60. The summed E-state index contributed by atoms with van der Waals surface area (Å²) in [6.45, 7) is 4.06. The van der Waals surface area contributed by atoms with Gasteiger partial charge in [0.15, 0.2) is 11.5 Å². The van der Waals surface area contributed by atoms with Crippen LogP contribution in [0.25, 0.3) is 0 Å². The molecule has 1 atom stereocenters. The lowest BCUT2D eigenvalue weighted by Crippen LogP contribution is -2.52. The SMILES string of the molecule is CCC1CN(C(=O)N2CCC(C(=O)NCc3cccc(OC)c3OC)CC2)c2ccccc2O1. The van der Waals surface area contributed by atoms with E-state index in [4.69, 9.17) is 14.2 Å². The third kappa shape index (κ3) is 4.90. The van der Waals surface area contributed by atoms with Crippen molar-refractivity contribution in [2.75, 3.05) is 38.8 Å². The van der Waals surface area contributed by atoms with E-state index in [1.165, 1.54) is 0 Å². The lowest BCUT2D eigenvalue weighted by molar-refractivity contribution is -0.126. The van der Waals surface area contributed by atoms with Crippen molar-refractivity contribution in [3.05, 3.63) is 48.0 Å². The molecule has 1 fully saturated rings. The molecule has 1 N–H and O–H groups in total. The van der Waals surface area contributed by atoms with E-state index in [2.05, 4.69) is 12.2 Å². The Labute approximate surface area is 200 Å². The molecule has 2 aromatic carbocycles. The maximum atomic E-state index is 13.4. The second-order valence-corrected chi connectivity index (χ2v) is 8.64. The molecule has 0 saturated carbocycles. The summed E-state index contributed by atoms with van der Waals surface area (Å²) < 4.78 is 16.8. The van der Waals surface area contributed by atoms with Gasteiger partial charge in [0.05, 0.1) is 26.5 Å². The van der Waals surface area contributed by atoms with Crippen LogP contribution in [0.3, 0.4) is 0 Å². The lowest BCUT2D eigenvalue weighted by atomic mass is 9.96. The number of carbonyl (C=O) groups excluding carboxylic acids is 2. The highest BCUT2D eigenvalue weighted by Gasteiger charge is 2.34. The molecule has 1 unspecified atom stereocenters. The van der Waals surface area contributed by atoms with Gasteiger partial charge in [-0.1, -0.05) is 31.2 Å². The van der Waals surface area contributed by atoms with Crippen LogP contribution in [0, 0.1) is 5.92 Å². The van der Waals surface area contributed by atoms with Crippen LogP contribution >= 0.6 is 0 Å². The standard InChI is InChI=1S/C26H33N3O5/c1-4-20-17-29(21-9-5-6-10-22(21)34-20)26(31)28-14-12-18(13-15-28)25(30)27-16-19-8-7-11-23(32-2)24(19)33-3/h5-11,18,20H,4,12-17H2,1-3H3,(H,27,30). The Morgan fingerprint density at radius 3 is 2.53 bits per heavy atom. The Kier molecular flexibility index (Phi) is 7.45. The molecule has 34 heavy (non-hydrogen) atoms. The highest BCUT2D eigenvalue weighted by molar-refractivity contribution is 5.94. The first-order valence-corrected chi connectivity index (χ1v) is 11.8. The summed E-state index contributed by atoms with van der Waals surface area (Å²) in [6.07, 6.45) is 2.08. The predicted molar refractivity (Wildman–Crippen MR) is 130 cm³/mol. The van der Waals surface area contributed by atoms with E-state index in [1.54, 1.807) is 14.2 Å². The van der Waals surface area contributed by atoms with E-state index in [9.17, 15) is 9.59 Å². The molecule has 0 aliphatic carbocycles. The molecule has 2 aliphatic rings. The zero-order valence-corrected chi connectivity index (χ0v) is 20.1. The first-order valence-electron chi connectivity index (χ1n) is 11.8. The molecule has 1 saturated heterocycles. The van der Waals surface area contributed by atoms with Crippen molar-refractivity contribution < 1.29 is 23.8 Å². The molecule has 2 aromatic rings. The molecule has 182 valence electrons. The smallest absolute Gasteiger partial charge is 0.324 e. The summed E-state index contributed by atoms with van der Waals surface area (Å²) in [4.78, 5) is 29.9. The zero-order chi connectivity index (χ0) is 24.1. The molecule has 0 radical (unpaired) electrons. The van der Waals surface area contributed by atoms with Crippen molar-refractivity contribution in [3.63, 3.8) is 0 Å². The maximum Gasteiger partial charge on any atom is 0.324 e. The quantitative estimate of drug-likeness (QED) is 0.699. The number of anilines is 1. The summed E-state index contributed by atoms with van der Waals surface area (Å²) in [5.41, 5.74) is 1.67. The number of carbonyl (C=O) groups is 2. The largest absolute Gasteiger partial charge is 0.493 e. The normalized spacial score (nSPS) is 18.0. The Hall–Kier alpha value is -3.42. The van der Waals surface area contributed by atoms with Gasteiger partial charge in [0.1, 0.15) is 11.9 Å². The Balaban J connectivity index is 1.34. The molecule has 4 rings (SSSR count). The molecule has 8 heteroatoms. The maximum absolute atomic E-state index is 13.4. The van der Waals surface area contributed by atoms with Gasteiger partial charge in [-0.3, -0.25) is 9.69 Å². The number of hydrogen-bond acceptors (Lipinski definition) is 5. The number of methoxy groups -OCH3 is 2. The summed E-state index contributed by atoms with van der Waals surface area (Å²) in [5.74, 6) is 1.88. The average Bonchev–Trinajstić information content (AvgIpc) is 2.90. The molecule has 3 amide bonds. The van der Waals surface area contributed by atoms with E-state index in [0.717, 1.165) is 23.4 Å². The number of amides is 3. The molecule has 0 spiro atoms. The van der Waals surface area contributed by atoms with E-state index in [-0.39, 0.29) is 24.0 Å². The van der Waals surface area contributed by atoms with Gasteiger partial charge in [0.2, 0.25) is 5.91 Å². The third-order valence-electron chi connectivity index (χ3n) is 6.60. The van der Waals surface area contributed by atoms with Gasteiger partial charge >= 0.3 is 6.03 Å². The number of piperidine rings is 1. The summed E-state index contributed by atoms with van der Waals surface area (Å²) in [6, 6.07) is 13.3. The second kappa shape index (κ2) is 10.7. The van der Waals surface area contributed by atoms with Gasteiger partial charge in [0.25, 0.3) is 0 Å². The van der Waals surface area contributed by atoms with Crippen LogP contribution in [0.1, 0.15) is 31.7 Å². The minimum absolute atomic E-state index is 0.000243. The van der Waals surface area contributed by atoms with Crippen molar-refractivity contribution in [2.45, 2.75) is 38.8 Å². The monoisotopic (exact) mass is 467 g/mol. The zero-order valence-electron chi connectivity index (χ0n) is 20.1. The average molecular weight is 468 g/mol. The van der Waals surface area contributed by atoms with E-state index < -0.39 is 0 Å². The van der Waals surface area contributed by atoms with Crippen LogP contribution in [0.2, 0.25) is 0 Å². The fourth-order valence-electron chi connectivity index (χ4n) is 4.62. The minimum atomic E-state index is -0.124. The van der Waals surface area contributed by atoms with Gasteiger partial charge in [0, 0.05) is 31.1 Å². The fourth-order valence-corrected chi connectivity index (χ4v) is 4.62. The molecule has 0 bridgehead atoms. The molecular weight excluding hydrogens is 434 g/mol. The van der Waals surface area contributed by atoms with Gasteiger partial charge in [-0.15, -0.1) is 0 Å². The summed E-state index contributed by atoms with van der Waals surface area (Å²) >= 11 is 0. The molecule has 8 nitrogen and oxygen atoms in total. The number of rotatable bonds is 6. The molecule has 2 aliphatic heterocycles. The number of likely N-dealkylation sites (tertiary alicyclic amines) is 1. The molecular formula is C26H33N3O5. The van der Waals surface area contributed by atoms with Crippen molar-refractivity contribution >= 4 is 17.6 Å². The number of para-hydroxylation sites is 3. The number of urea groups is 1. The number of fused-ring (bicyclic) bond motifs is 1. The first kappa shape index (κ1) is 23.7. The van der Waals surface area contributed by atoms with Crippen molar-refractivity contribution in [1.82, 2.24) is 10.2 Å². The van der Waals surface area contributed by atoms with Crippen LogP contribution < -0.4 is 24.4 Å². The van der Waals surface area contributed by atoms with Crippen molar-refractivity contribution in [1.29, 1.82) is 0 Å². The van der Waals surface area contributed by atoms with Gasteiger partial charge in [-0.2, -0.15) is 0 Å². The highest BCUT2D eigenvalue weighted by Crippen LogP contribution is 2.35. The molecule has 2 heterocycles. The summed E-state index contributed by atoms with van der Waals surface area (Å²) in [7, 11) is 3.18. The number of ether oxygens (including phenoxy) is 3. The van der Waals surface area contributed by atoms with Crippen molar-refractivity contribution in [2.24, 2.45) is 5.92 Å². The number of benzene rings is 2. The minimum Gasteiger partial charge on any atom is -0.493 e. The van der Waals surface area contributed by atoms with Crippen LogP contribution in [-0.4, -0.2) is 56.8 Å². The highest BCUT2D eigenvalue weighted by atomic mass is 16.5. The van der Waals surface area contributed by atoms with Crippen LogP contribution in [0.5, 0.6) is 17.2 Å². The van der Waals surface area contributed by atoms with Crippen molar-refractivity contribution in [3.8, 4) is 17.2 Å². The number of hydrogen-bond donors (Lipinski definition) is 1. The first-order chi connectivity index (χ1) is 16.5. The Morgan fingerprint density at radius 2 is 1.82 bits per heavy atom. The van der Waals surface area contributed by atoms with Gasteiger partial charge < -0.3 is 24.4 Å². The van der Waals surface area contributed by atoms with Crippen LogP contribution in [0.4, 0.5) is 10.5 Å². The van der Waals surface area contributed by atoms with Gasteiger partial charge in [-0.25, -0.2) is 4.79 Å². The van der Waals surface area contributed by atoms with Crippen LogP contribution in [0.15, 0.2) is 42.5 Å².